The first-order valence-electron chi connectivity index (χ1n) is 10.1. The van der Waals surface area contributed by atoms with E-state index in [-0.39, 0.29) is 11.2 Å². The number of Topliss-reactive ketones (excluding diaryl/α,β-unsaturated/α-hetero) is 1. The van der Waals surface area contributed by atoms with E-state index in [1.165, 1.54) is 0 Å². The van der Waals surface area contributed by atoms with Crippen molar-refractivity contribution in [2.45, 2.75) is 59.8 Å². The van der Waals surface area contributed by atoms with Crippen LogP contribution in [0, 0.1) is 5.41 Å². The minimum absolute atomic E-state index is 0.0107. The zero-order chi connectivity index (χ0) is 20.9. The SMILES string of the molecule is CCS/C=C/C1=C(Cc2ccc(C(C)C)c(OC)c2OC)C(=O)CCC1(C)C. The summed E-state index contributed by atoms with van der Waals surface area (Å²) in [6.07, 6.45) is 4.20. The monoisotopic (exact) mass is 402 g/mol. The normalized spacial score (nSPS) is 16.9. The minimum atomic E-state index is -0.0107. The summed E-state index contributed by atoms with van der Waals surface area (Å²) in [4.78, 5) is 12.9. The molecule has 0 bridgehead atoms. The van der Waals surface area contributed by atoms with Crippen molar-refractivity contribution < 1.29 is 14.3 Å². The van der Waals surface area contributed by atoms with Crippen molar-refractivity contribution in [3.8, 4) is 11.5 Å². The van der Waals surface area contributed by atoms with Gasteiger partial charge in [0.2, 0.25) is 0 Å². The van der Waals surface area contributed by atoms with Gasteiger partial charge in [-0.2, -0.15) is 0 Å². The largest absolute Gasteiger partial charge is 0.493 e. The summed E-state index contributed by atoms with van der Waals surface area (Å²) in [5.41, 5.74) is 4.16. The number of ether oxygens (including phenoxy) is 2. The minimum Gasteiger partial charge on any atom is -0.493 e. The average Bonchev–Trinajstić information content (AvgIpc) is 2.66. The molecule has 28 heavy (non-hydrogen) atoms. The molecule has 3 nitrogen and oxygen atoms in total. The second-order valence-electron chi connectivity index (χ2n) is 8.17. The Morgan fingerprint density at radius 3 is 2.43 bits per heavy atom. The Morgan fingerprint density at radius 1 is 1.18 bits per heavy atom. The fraction of sp³-hybridized carbons (Fsp3) is 0.542. The van der Waals surface area contributed by atoms with Gasteiger partial charge in [-0.3, -0.25) is 4.79 Å². The third-order valence-electron chi connectivity index (χ3n) is 5.49. The molecule has 2 rings (SSSR count). The van der Waals surface area contributed by atoms with E-state index in [1.807, 2.05) is 0 Å². The van der Waals surface area contributed by atoms with Gasteiger partial charge >= 0.3 is 0 Å². The van der Waals surface area contributed by atoms with Crippen LogP contribution in [-0.4, -0.2) is 25.8 Å². The van der Waals surface area contributed by atoms with E-state index in [0.29, 0.717) is 18.8 Å². The summed E-state index contributed by atoms with van der Waals surface area (Å²) >= 11 is 1.76. The van der Waals surface area contributed by atoms with Crippen LogP contribution in [0.4, 0.5) is 0 Å². The summed E-state index contributed by atoms with van der Waals surface area (Å²) in [6.45, 7) is 10.9. The molecule has 4 heteroatoms. The predicted molar refractivity (Wildman–Crippen MR) is 120 cm³/mol. The van der Waals surface area contributed by atoms with Crippen LogP contribution in [-0.2, 0) is 11.2 Å². The van der Waals surface area contributed by atoms with Gasteiger partial charge in [0.15, 0.2) is 17.3 Å². The lowest BCUT2D eigenvalue weighted by Crippen LogP contribution is -2.26. The molecule has 0 saturated carbocycles. The molecule has 0 aromatic heterocycles. The van der Waals surface area contributed by atoms with Crippen LogP contribution < -0.4 is 9.47 Å². The maximum absolute atomic E-state index is 12.9. The number of thioether (sulfide) groups is 1. The molecule has 1 aliphatic carbocycles. The van der Waals surface area contributed by atoms with E-state index < -0.39 is 0 Å². The smallest absolute Gasteiger partial charge is 0.164 e. The Balaban J connectivity index is 2.57. The summed E-state index contributed by atoms with van der Waals surface area (Å²) in [7, 11) is 3.35. The van der Waals surface area contributed by atoms with Gasteiger partial charge in [-0.1, -0.05) is 52.8 Å². The molecule has 0 unspecified atom stereocenters. The Labute approximate surface area is 174 Å². The molecule has 0 saturated heterocycles. The van der Waals surface area contributed by atoms with Crippen molar-refractivity contribution in [2.24, 2.45) is 5.41 Å². The molecule has 0 N–H and O–H groups in total. The molecule has 0 aliphatic heterocycles. The zero-order valence-corrected chi connectivity index (χ0v) is 19.2. The van der Waals surface area contributed by atoms with E-state index in [1.54, 1.807) is 26.0 Å². The van der Waals surface area contributed by atoms with Gasteiger partial charge in [-0.05, 0) is 34.5 Å². The fourth-order valence-corrected chi connectivity index (χ4v) is 4.26. The third-order valence-corrected chi connectivity index (χ3v) is 6.15. The highest BCUT2D eigenvalue weighted by atomic mass is 32.2. The van der Waals surface area contributed by atoms with Crippen molar-refractivity contribution in [3.05, 3.63) is 45.9 Å². The van der Waals surface area contributed by atoms with Crippen molar-refractivity contribution in [3.63, 3.8) is 0 Å². The van der Waals surface area contributed by atoms with E-state index in [0.717, 1.165) is 45.9 Å². The Hall–Kier alpha value is -1.68. The van der Waals surface area contributed by atoms with Gasteiger partial charge < -0.3 is 9.47 Å². The topological polar surface area (TPSA) is 35.5 Å². The summed E-state index contributed by atoms with van der Waals surface area (Å²) in [5.74, 6) is 3.11. The number of ketones is 1. The molecule has 0 heterocycles. The van der Waals surface area contributed by atoms with Crippen molar-refractivity contribution >= 4 is 17.5 Å². The molecule has 0 radical (unpaired) electrons. The van der Waals surface area contributed by atoms with Crippen LogP contribution in [0.15, 0.2) is 34.8 Å². The van der Waals surface area contributed by atoms with Gasteiger partial charge in [0.25, 0.3) is 0 Å². The molecule has 1 aromatic carbocycles. The first kappa shape index (κ1) is 22.6. The Bertz CT molecular complexity index is 772. The van der Waals surface area contributed by atoms with E-state index >= 15 is 0 Å². The highest BCUT2D eigenvalue weighted by Crippen LogP contribution is 2.44. The number of hydrogen-bond donors (Lipinski definition) is 0. The maximum Gasteiger partial charge on any atom is 0.164 e. The second-order valence-corrected chi connectivity index (χ2v) is 9.35. The first-order chi connectivity index (χ1) is 13.3. The lowest BCUT2D eigenvalue weighted by atomic mass is 9.71. The summed E-state index contributed by atoms with van der Waals surface area (Å²) in [5, 5.41) is 2.12. The van der Waals surface area contributed by atoms with Gasteiger partial charge in [-0.15, -0.1) is 11.8 Å². The molecule has 0 spiro atoms. The van der Waals surface area contributed by atoms with Gasteiger partial charge in [0.1, 0.15) is 0 Å². The van der Waals surface area contributed by atoms with Crippen molar-refractivity contribution in [1.82, 2.24) is 0 Å². The number of allylic oxidation sites excluding steroid dienone is 3. The zero-order valence-electron chi connectivity index (χ0n) is 18.3. The van der Waals surface area contributed by atoms with Gasteiger partial charge in [0.05, 0.1) is 14.2 Å². The molecular formula is C24H34O3S. The van der Waals surface area contributed by atoms with E-state index in [9.17, 15) is 4.79 Å². The van der Waals surface area contributed by atoms with Crippen LogP contribution in [0.25, 0.3) is 0 Å². The van der Waals surface area contributed by atoms with E-state index in [4.69, 9.17) is 9.47 Å². The van der Waals surface area contributed by atoms with Crippen molar-refractivity contribution in [1.29, 1.82) is 0 Å². The highest BCUT2D eigenvalue weighted by Gasteiger charge is 2.33. The van der Waals surface area contributed by atoms with Crippen LogP contribution in [0.1, 0.15) is 64.5 Å². The average molecular weight is 403 g/mol. The molecule has 154 valence electrons. The standard InChI is InChI=1S/C24H34O3S/c1-8-28-14-12-20-19(21(25)11-13-24(20,4)5)15-17-9-10-18(16(2)3)23(27-7)22(17)26-6/h9-10,12,14,16H,8,11,13,15H2,1-7H3/b14-12+. The summed E-state index contributed by atoms with van der Waals surface area (Å²) in [6, 6.07) is 4.18. The highest BCUT2D eigenvalue weighted by molar-refractivity contribution is 8.02. The quantitative estimate of drug-likeness (QED) is 0.509. The number of rotatable bonds is 8. The summed E-state index contributed by atoms with van der Waals surface area (Å²) < 4.78 is 11.4. The van der Waals surface area contributed by atoms with E-state index in [2.05, 4.69) is 58.2 Å². The Kier molecular flexibility index (Phi) is 7.82. The first-order valence-corrected chi connectivity index (χ1v) is 11.1. The predicted octanol–water partition coefficient (Wildman–Crippen LogP) is 6.32. The van der Waals surface area contributed by atoms with Crippen LogP contribution in [0.2, 0.25) is 0 Å². The van der Waals surface area contributed by atoms with Crippen LogP contribution in [0.3, 0.4) is 0 Å². The number of carbonyl (C=O) groups excluding carboxylic acids is 1. The number of methoxy groups -OCH3 is 2. The number of hydrogen-bond acceptors (Lipinski definition) is 4. The fourth-order valence-electron chi connectivity index (χ4n) is 3.84. The van der Waals surface area contributed by atoms with Crippen LogP contribution in [0.5, 0.6) is 11.5 Å². The lowest BCUT2D eigenvalue weighted by molar-refractivity contribution is -0.116. The molecule has 0 amide bonds. The molecule has 1 aromatic rings. The lowest BCUT2D eigenvalue weighted by Gasteiger charge is -2.33. The second kappa shape index (κ2) is 9.69. The van der Waals surface area contributed by atoms with Gasteiger partial charge in [-0.25, -0.2) is 0 Å². The van der Waals surface area contributed by atoms with Gasteiger partial charge in [0, 0.05) is 29.5 Å². The molecule has 0 atom stereocenters. The molecule has 1 aliphatic rings. The molecular weight excluding hydrogens is 368 g/mol. The number of benzene rings is 1. The van der Waals surface area contributed by atoms with Crippen LogP contribution >= 0.6 is 11.8 Å². The maximum atomic E-state index is 12.9. The number of carbonyl (C=O) groups is 1. The Morgan fingerprint density at radius 2 is 1.86 bits per heavy atom. The van der Waals surface area contributed by atoms with Crippen molar-refractivity contribution in [2.75, 3.05) is 20.0 Å². The molecule has 0 fully saturated rings. The third kappa shape index (κ3) is 4.83.